The van der Waals surface area contributed by atoms with Crippen molar-refractivity contribution in [2.75, 3.05) is 44.2 Å². The summed E-state index contributed by atoms with van der Waals surface area (Å²) in [6.07, 6.45) is -2.05. The molecule has 4 aromatic carbocycles. The number of unbranched alkanes of at least 4 members (excludes halogenated alkanes) is 1. The number of allylic oxidation sites excluding steroid dienone is 1. The van der Waals surface area contributed by atoms with Gasteiger partial charge in [0.05, 0.1) is 17.7 Å². The Kier molecular flexibility index (Phi) is 13.7. The monoisotopic (exact) mass is 826 g/mol. The molecule has 1 atom stereocenters. The number of aromatic hydroxyl groups is 1. The molecule has 0 spiro atoms. The summed E-state index contributed by atoms with van der Waals surface area (Å²) in [7, 11) is 0. The number of nitrogens with one attached hydrogen (secondary N) is 1. The van der Waals surface area contributed by atoms with Crippen LogP contribution >= 0.6 is 0 Å². The van der Waals surface area contributed by atoms with Crippen LogP contribution in [0.5, 0.6) is 11.5 Å². The summed E-state index contributed by atoms with van der Waals surface area (Å²) in [4.78, 5) is 64.9. The third-order valence-corrected chi connectivity index (χ3v) is 10.6. The lowest BCUT2D eigenvalue weighted by molar-refractivity contribution is -0.192. The van der Waals surface area contributed by atoms with E-state index >= 15 is 0 Å². The number of nitrogens with zero attached hydrogens (tertiary/aromatic N) is 3. The van der Waals surface area contributed by atoms with Crippen molar-refractivity contribution in [3.8, 4) is 11.5 Å². The first-order valence-corrected chi connectivity index (χ1v) is 19.7. The molecule has 4 aromatic rings. The third kappa shape index (κ3) is 10.2. The number of rotatable bonds is 12. The number of carboxylic acids is 1. The number of carbonyl (C=O) groups excluding carboxylic acids is 4. The number of aliphatic carboxylic acids is 1. The van der Waals surface area contributed by atoms with Crippen LogP contribution in [0.2, 0.25) is 0 Å². The first-order valence-electron chi connectivity index (χ1n) is 19.7. The van der Waals surface area contributed by atoms with Gasteiger partial charge in [0.25, 0.3) is 11.8 Å². The Morgan fingerprint density at radius 1 is 0.800 bits per heavy atom. The standard InChI is InChI=1S/C43H44N4O6.C2HF3O2/c1-2-35(29-8-4-3-5-9-29)40(30-10-15-33(48)16-11-30)31-12-17-34(18-13-31)53-27-7-6-22-45-23-25-46(26-24-45)32-14-19-36-37(28-32)43(52)47(42(36)51)38-20-21-39(49)44-41(38)50;3-2(4,5)1(6)7/h3-5,8-19,28,38,48H,2,6-7,20-27H2,1H3,(H,44,49,50);(H,6,7). The lowest BCUT2D eigenvalue weighted by Gasteiger charge is -2.36. The van der Waals surface area contributed by atoms with E-state index in [0.717, 1.165) is 85.0 Å². The van der Waals surface area contributed by atoms with Crippen molar-refractivity contribution >= 4 is 46.4 Å². The van der Waals surface area contributed by atoms with Crippen molar-refractivity contribution in [2.24, 2.45) is 0 Å². The molecule has 0 radical (unpaired) electrons. The molecule has 1 unspecified atom stereocenters. The number of ether oxygens (including phenoxy) is 1. The summed E-state index contributed by atoms with van der Waals surface area (Å²) in [5, 5.41) is 19.3. The molecule has 4 amide bonds. The van der Waals surface area contributed by atoms with E-state index in [1.54, 1.807) is 24.3 Å². The zero-order valence-electron chi connectivity index (χ0n) is 32.9. The number of fused-ring (bicyclic) bond motifs is 1. The SMILES string of the molecule is CCC(=C(c1ccc(O)cc1)c1ccc(OCCCCN2CCN(c3ccc4c(c3)C(=O)N(C3CCC(=O)NC3=O)C4=O)CC2)cc1)c1ccccc1.O=C(O)C(F)(F)F. The zero-order valence-corrected chi connectivity index (χ0v) is 32.9. The van der Waals surface area contributed by atoms with Crippen LogP contribution in [0.1, 0.15) is 76.4 Å². The second kappa shape index (κ2) is 19.1. The van der Waals surface area contributed by atoms with Crippen LogP contribution < -0.4 is 15.0 Å². The van der Waals surface area contributed by atoms with Crippen LogP contribution in [0.25, 0.3) is 11.1 Å². The molecule has 0 aromatic heterocycles. The largest absolute Gasteiger partial charge is 0.508 e. The van der Waals surface area contributed by atoms with E-state index in [-0.39, 0.29) is 24.5 Å². The molecule has 3 aliphatic rings. The summed E-state index contributed by atoms with van der Waals surface area (Å²) in [6.45, 7) is 7.12. The second-order valence-corrected chi connectivity index (χ2v) is 14.5. The van der Waals surface area contributed by atoms with Gasteiger partial charge in [0.15, 0.2) is 0 Å². The van der Waals surface area contributed by atoms with E-state index in [2.05, 4.69) is 58.4 Å². The molecule has 314 valence electrons. The Morgan fingerprint density at radius 2 is 1.42 bits per heavy atom. The number of carboxylic acid groups (broad SMARTS) is 1. The molecule has 0 bridgehead atoms. The minimum absolute atomic E-state index is 0.0957. The number of hydrogen-bond donors (Lipinski definition) is 3. The van der Waals surface area contributed by atoms with Crippen LogP contribution in [-0.4, -0.2) is 101 Å². The predicted octanol–water partition coefficient (Wildman–Crippen LogP) is 6.78. The lowest BCUT2D eigenvalue weighted by atomic mass is 9.88. The van der Waals surface area contributed by atoms with Crippen molar-refractivity contribution in [1.29, 1.82) is 0 Å². The van der Waals surface area contributed by atoms with E-state index in [4.69, 9.17) is 14.6 Å². The summed E-state index contributed by atoms with van der Waals surface area (Å²) >= 11 is 0. The molecule has 3 heterocycles. The highest BCUT2D eigenvalue weighted by molar-refractivity contribution is 6.23. The van der Waals surface area contributed by atoms with Crippen molar-refractivity contribution < 1.29 is 52.1 Å². The maximum atomic E-state index is 13.3. The Bertz CT molecular complexity index is 2240. The minimum Gasteiger partial charge on any atom is -0.508 e. The Balaban J connectivity index is 0.000000793. The number of halogens is 3. The van der Waals surface area contributed by atoms with Gasteiger partial charge in [0.2, 0.25) is 11.8 Å². The van der Waals surface area contributed by atoms with Gasteiger partial charge in [-0.2, -0.15) is 13.2 Å². The number of carbonyl (C=O) groups is 5. The fraction of sp³-hybridized carbons (Fsp3) is 0.311. The van der Waals surface area contributed by atoms with Gasteiger partial charge in [-0.05, 0) is 103 Å². The molecule has 3 N–H and O–H groups in total. The Hall–Kier alpha value is -6.48. The van der Waals surface area contributed by atoms with Gasteiger partial charge >= 0.3 is 12.1 Å². The van der Waals surface area contributed by atoms with Crippen molar-refractivity contribution in [1.82, 2.24) is 15.1 Å². The van der Waals surface area contributed by atoms with Crippen molar-refractivity contribution in [3.05, 3.63) is 125 Å². The number of phenolic OH excluding ortho intramolecular Hbond substituents is 1. The topological polar surface area (TPSA) is 157 Å². The van der Waals surface area contributed by atoms with Gasteiger partial charge in [-0.3, -0.25) is 34.3 Å². The maximum absolute atomic E-state index is 13.3. The first kappa shape index (κ1) is 43.1. The van der Waals surface area contributed by atoms with Crippen LogP contribution in [0.4, 0.5) is 18.9 Å². The van der Waals surface area contributed by atoms with Gasteiger partial charge in [-0.15, -0.1) is 0 Å². The average Bonchev–Trinajstić information content (AvgIpc) is 3.48. The highest BCUT2D eigenvalue weighted by Crippen LogP contribution is 2.36. The minimum atomic E-state index is -5.08. The van der Waals surface area contributed by atoms with Crippen molar-refractivity contribution in [3.63, 3.8) is 0 Å². The maximum Gasteiger partial charge on any atom is 0.490 e. The smallest absolute Gasteiger partial charge is 0.490 e. The molecule has 0 aliphatic carbocycles. The number of piperazine rings is 1. The molecule has 7 rings (SSSR count). The van der Waals surface area contributed by atoms with Gasteiger partial charge in [0, 0.05) is 38.3 Å². The van der Waals surface area contributed by atoms with Gasteiger partial charge < -0.3 is 19.8 Å². The lowest BCUT2D eigenvalue weighted by Crippen LogP contribution is -2.54. The zero-order chi connectivity index (χ0) is 43.0. The number of alkyl halides is 3. The van der Waals surface area contributed by atoms with Crippen molar-refractivity contribution in [2.45, 2.75) is 51.2 Å². The van der Waals surface area contributed by atoms with Crippen LogP contribution in [0, 0.1) is 0 Å². The Labute approximate surface area is 344 Å². The van der Waals surface area contributed by atoms with Crippen LogP contribution in [-0.2, 0) is 14.4 Å². The Morgan fingerprint density at radius 3 is 2.02 bits per heavy atom. The molecule has 15 heteroatoms. The number of imide groups is 2. The first-order chi connectivity index (χ1) is 28.7. The highest BCUT2D eigenvalue weighted by Gasteiger charge is 2.45. The molecular formula is C45H45F3N4O8. The average molecular weight is 827 g/mol. The molecule has 12 nitrogen and oxygen atoms in total. The highest BCUT2D eigenvalue weighted by atomic mass is 19.4. The summed E-state index contributed by atoms with van der Waals surface area (Å²) in [5.41, 5.74) is 7.19. The number of anilines is 1. The van der Waals surface area contributed by atoms with E-state index in [9.17, 15) is 37.5 Å². The molecule has 0 saturated carbocycles. The predicted molar refractivity (Wildman–Crippen MR) is 217 cm³/mol. The van der Waals surface area contributed by atoms with Gasteiger partial charge in [0.1, 0.15) is 17.5 Å². The molecule has 2 saturated heterocycles. The molecule has 3 aliphatic heterocycles. The normalized spacial score (nSPS) is 17.4. The number of piperidine rings is 1. The third-order valence-electron chi connectivity index (χ3n) is 10.6. The van der Waals surface area contributed by atoms with E-state index in [1.165, 1.54) is 11.1 Å². The molecule has 60 heavy (non-hydrogen) atoms. The number of benzene rings is 4. The van der Waals surface area contributed by atoms with Crippen LogP contribution in [0.3, 0.4) is 0 Å². The van der Waals surface area contributed by atoms with E-state index in [0.29, 0.717) is 17.7 Å². The number of amides is 4. The van der Waals surface area contributed by atoms with E-state index in [1.807, 2.05) is 36.4 Å². The van der Waals surface area contributed by atoms with Crippen LogP contribution in [0.15, 0.2) is 97.1 Å². The summed E-state index contributed by atoms with van der Waals surface area (Å²) in [6, 6.07) is 30.4. The van der Waals surface area contributed by atoms with Gasteiger partial charge in [-0.1, -0.05) is 61.5 Å². The quantitative estimate of drug-likeness (QED) is 0.0791. The molecule has 2 fully saturated rings. The van der Waals surface area contributed by atoms with E-state index < -0.39 is 35.9 Å². The fourth-order valence-corrected chi connectivity index (χ4v) is 7.54. The molecular weight excluding hydrogens is 782 g/mol. The summed E-state index contributed by atoms with van der Waals surface area (Å²) < 4.78 is 37.9. The van der Waals surface area contributed by atoms with Gasteiger partial charge in [-0.25, -0.2) is 4.79 Å². The number of hydrogen-bond acceptors (Lipinski definition) is 9. The fourth-order valence-electron chi connectivity index (χ4n) is 7.54. The number of phenols is 1. The second-order valence-electron chi connectivity index (χ2n) is 14.5. The summed E-state index contributed by atoms with van der Waals surface area (Å²) in [5.74, 6) is -3.65.